The topological polar surface area (TPSA) is 32.5 Å². The molecule has 0 aromatic rings. The van der Waals surface area contributed by atoms with Crippen molar-refractivity contribution in [2.75, 3.05) is 33.7 Å². The molecule has 2 aliphatic carbocycles. The van der Waals surface area contributed by atoms with Crippen molar-refractivity contribution >= 4 is 0 Å². The quantitative estimate of drug-likeness (QED) is 0.865. The number of nitrogens with zero attached hydrogens (tertiary/aromatic N) is 2. The lowest BCUT2D eigenvalue weighted by Gasteiger charge is -2.50. The number of rotatable bonds is 4. The molecule has 3 rings (SSSR count). The Kier molecular flexibility index (Phi) is 4.63. The lowest BCUT2D eigenvalue weighted by molar-refractivity contribution is 0.0192. The van der Waals surface area contributed by atoms with Gasteiger partial charge < -0.3 is 10.6 Å². The van der Waals surface area contributed by atoms with Gasteiger partial charge in [0, 0.05) is 24.7 Å². The zero-order valence-electron chi connectivity index (χ0n) is 14.2. The molecule has 0 aromatic carbocycles. The molecule has 3 heteroatoms. The Morgan fingerprint density at radius 3 is 2.24 bits per heavy atom. The fraction of sp³-hybridized carbons (Fsp3) is 1.00. The van der Waals surface area contributed by atoms with Crippen LogP contribution in [0.15, 0.2) is 0 Å². The maximum atomic E-state index is 6.28. The average Bonchev–Trinajstić information content (AvgIpc) is 3.11. The van der Waals surface area contributed by atoms with Gasteiger partial charge >= 0.3 is 0 Å². The summed E-state index contributed by atoms with van der Waals surface area (Å²) in [5.41, 5.74) is 7.28. The first-order chi connectivity index (χ1) is 10.1. The molecule has 1 spiro atoms. The Hall–Kier alpha value is -0.120. The molecule has 122 valence electrons. The highest BCUT2D eigenvalue weighted by molar-refractivity contribution is 5.01. The van der Waals surface area contributed by atoms with E-state index >= 15 is 0 Å². The highest BCUT2D eigenvalue weighted by atomic mass is 15.2. The van der Waals surface area contributed by atoms with Gasteiger partial charge in [0.25, 0.3) is 0 Å². The average molecular weight is 293 g/mol. The zero-order chi connectivity index (χ0) is 14.9. The van der Waals surface area contributed by atoms with Gasteiger partial charge in [0.15, 0.2) is 0 Å². The van der Waals surface area contributed by atoms with Crippen LogP contribution in [0.5, 0.6) is 0 Å². The van der Waals surface area contributed by atoms with Crippen molar-refractivity contribution in [3.05, 3.63) is 0 Å². The van der Waals surface area contributed by atoms with Crippen LogP contribution in [-0.4, -0.2) is 55.1 Å². The molecule has 0 amide bonds. The van der Waals surface area contributed by atoms with Gasteiger partial charge in [0.2, 0.25) is 0 Å². The van der Waals surface area contributed by atoms with Gasteiger partial charge in [0.05, 0.1) is 0 Å². The number of likely N-dealkylation sites (N-methyl/N-ethyl adjacent to an activating group) is 2. The summed E-state index contributed by atoms with van der Waals surface area (Å²) in [6.07, 6.45) is 14.2. The first kappa shape index (κ1) is 15.8. The predicted molar refractivity (Wildman–Crippen MR) is 89.4 cm³/mol. The lowest BCUT2D eigenvalue weighted by atomic mass is 9.66. The second-order valence-electron chi connectivity index (χ2n) is 8.29. The van der Waals surface area contributed by atoms with E-state index in [0.717, 1.165) is 12.6 Å². The second kappa shape index (κ2) is 6.17. The molecule has 0 bridgehead atoms. The zero-order valence-corrected chi connectivity index (χ0v) is 14.2. The molecule has 3 fully saturated rings. The Bertz CT molecular complexity index is 338. The molecule has 21 heavy (non-hydrogen) atoms. The van der Waals surface area contributed by atoms with Crippen LogP contribution in [0.1, 0.15) is 64.2 Å². The SMILES string of the molecule is CN1CCCC1CN(C)C1(CN)CCC2(CCCC2)CC1. The number of nitrogens with two attached hydrogens (primary N) is 1. The molecule has 1 atom stereocenters. The summed E-state index contributed by atoms with van der Waals surface area (Å²) >= 11 is 0. The van der Waals surface area contributed by atoms with E-state index in [1.54, 1.807) is 0 Å². The van der Waals surface area contributed by atoms with Crippen molar-refractivity contribution in [1.29, 1.82) is 0 Å². The fourth-order valence-corrected chi connectivity index (χ4v) is 5.33. The second-order valence-corrected chi connectivity index (χ2v) is 8.29. The van der Waals surface area contributed by atoms with E-state index in [1.165, 1.54) is 77.3 Å². The summed E-state index contributed by atoms with van der Waals surface area (Å²) in [7, 11) is 4.63. The van der Waals surface area contributed by atoms with Crippen LogP contribution in [-0.2, 0) is 0 Å². The molecular formula is C18H35N3. The maximum absolute atomic E-state index is 6.28. The van der Waals surface area contributed by atoms with E-state index in [9.17, 15) is 0 Å². The largest absolute Gasteiger partial charge is 0.329 e. The molecule has 1 saturated heterocycles. The van der Waals surface area contributed by atoms with Crippen LogP contribution >= 0.6 is 0 Å². The van der Waals surface area contributed by atoms with Crippen molar-refractivity contribution in [1.82, 2.24) is 9.80 Å². The van der Waals surface area contributed by atoms with Crippen LogP contribution in [0.4, 0.5) is 0 Å². The first-order valence-corrected chi connectivity index (χ1v) is 9.21. The number of hydrogen-bond acceptors (Lipinski definition) is 3. The lowest BCUT2D eigenvalue weighted by Crippen LogP contribution is -2.57. The minimum absolute atomic E-state index is 0.289. The van der Waals surface area contributed by atoms with Gasteiger partial charge in [-0.1, -0.05) is 12.8 Å². The number of hydrogen-bond donors (Lipinski definition) is 1. The van der Waals surface area contributed by atoms with Crippen LogP contribution < -0.4 is 5.73 Å². The van der Waals surface area contributed by atoms with E-state index in [-0.39, 0.29) is 5.54 Å². The Labute approximate surface area is 131 Å². The fourth-order valence-electron chi connectivity index (χ4n) is 5.33. The molecule has 2 saturated carbocycles. The van der Waals surface area contributed by atoms with Crippen molar-refractivity contribution in [3.63, 3.8) is 0 Å². The molecule has 2 N–H and O–H groups in total. The molecule has 3 aliphatic rings. The van der Waals surface area contributed by atoms with Crippen LogP contribution in [0.3, 0.4) is 0 Å². The molecule has 0 radical (unpaired) electrons. The summed E-state index contributed by atoms with van der Waals surface area (Å²) in [5, 5.41) is 0. The summed E-state index contributed by atoms with van der Waals surface area (Å²) in [5.74, 6) is 0. The van der Waals surface area contributed by atoms with E-state index in [0.29, 0.717) is 5.41 Å². The summed E-state index contributed by atoms with van der Waals surface area (Å²) in [4.78, 5) is 5.18. The van der Waals surface area contributed by atoms with Gasteiger partial charge in [-0.2, -0.15) is 0 Å². The summed E-state index contributed by atoms with van der Waals surface area (Å²) in [6.45, 7) is 3.33. The molecule has 1 aliphatic heterocycles. The van der Waals surface area contributed by atoms with Crippen LogP contribution in [0.25, 0.3) is 0 Å². The third-order valence-electron chi connectivity index (χ3n) is 7.25. The highest BCUT2D eigenvalue weighted by Gasteiger charge is 2.45. The first-order valence-electron chi connectivity index (χ1n) is 9.21. The Morgan fingerprint density at radius 1 is 1.05 bits per heavy atom. The Morgan fingerprint density at radius 2 is 1.71 bits per heavy atom. The molecule has 0 aromatic heterocycles. The van der Waals surface area contributed by atoms with Crippen molar-refractivity contribution in [3.8, 4) is 0 Å². The van der Waals surface area contributed by atoms with Gasteiger partial charge in [-0.15, -0.1) is 0 Å². The Balaban J connectivity index is 1.61. The van der Waals surface area contributed by atoms with Gasteiger partial charge in [0.1, 0.15) is 0 Å². The third kappa shape index (κ3) is 3.02. The van der Waals surface area contributed by atoms with Gasteiger partial charge in [-0.3, -0.25) is 4.90 Å². The molecule has 3 nitrogen and oxygen atoms in total. The summed E-state index contributed by atoms with van der Waals surface area (Å²) in [6, 6.07) is 0.751. The predicted octanol–water partition coefficient (Wildman–Crippen LogP) is 2.84. The van der Waals surface area contributed by atoms with Crippen LogP contribution in [0, 0.1) is 5.41 Å². The third-order valence-corrected chi connectivity index (χ3v) is 7.25. The number of likely N-dealkylation sites (tertiary alicyclic amines) is 1. The van der Waals surface area contributed by atoms with E-state index < -0.39 is 0 Å². The van der Waals surface area contributed by atoms with E-state index in [4.69, 9.17) is 5.73 Å². The van der Waals surface area contributed by atoms with E-state index in [1.807, 2.05) is 0 Å². The van der Waals surface area contributed by atoms with Crippen LogP contribution in [0.2, 0.25) is 0 Å². The minimum Gasteiger partial charge on any atom is -0.329 e. The highest BCUT2D eigenvalue weighted by Crippen LogP contribution is 2.52. The molecule has 1 heterocycles. The van der Waals surface area contributed by atoms with E-state index in [2.05, 4.69) is 23.9 Å². The molecule has 1 unspecified atom stereocenters. The molecular weight excluding hydrogens is 258 g/mol. The standard InChI is InChI=1S/C18H35N3/c1-20-13-5-6-16(20)14-21(2)18(15-19)11-9-17(10-12-18)7-3-4-8-17/h16H,3-15,19H2,1-2H3. The summed E-state index contributed by atoms with van der Waals surface area (Å²) < 4.78 is 0. The minimum atomic E-state index is 0.289. The van der Waals surface area contributed by atoms with Gasteiger partial charge in [-0.05, 0) is 77.4 Å². The smallest absolute Gasteiger partial charge is 0.0329 e. The van der Waals surface area contributed by atoms with Crippen molar-refractivity contribution in [2.24, 2.45) is 11.1 Å². The normalized spacial score (nSPS) is 32.3. The monoisotopic (exact) mass is 293 g/mol. The van der Waals surface area contributed by atoms with Crippen molar-refractivity contribution in [2.45, 2.75) is 75.8 Å². The van der Waals surface area contributed by atoms with Gasteiger partial charge in [-0.25, -0.2) is 0 Å². The maximum Gasteiger partial charge on any atom is 0.0329 e. The van der Waals surface area contributed by atoms with Crippen molar-refractivity contribution < 1.29 is 0 Å².